The van der Waals surface area contributed by atoms with E-state index in [9.17, 15) is 4.39 Å². The third-order valence-electron chi connectivity index (χ3n) is 3.30. The number of hydrogen-bond acceptors (Lipinski definition) is 2. The quantitative estimate of drug-likeness (QED) is 0.810. The first-order chi connectivity index (χ1) is 8.06. The molecule has 0 spiro atoms. The first-order valence-electron chi connectivity index (χ1n) is 6.21. The Hall–Kier alpha value is -0.930. The van der Waals surface area contributed by atoms with E-state index in [1.807, 2.05) is 12.1 Å². The number of nitrogens with one attached hydrogen (secondary N) is 1. The minimum Gasteiger partial charge on any atom is -0.369 e. The van der Waals surface area contributed by atoms with Crippen LogP contribution in [0, 0.1) is 12.7 Å². The molecule has 3 atom stereocenters. The normalized spacial score (nSPS) is 30.0. The van der Waals surface area contributed by atoms with Gasteiger partial charge in [0.05, 0.1) is 12.2 Å². The summed E-state index contributed by atoms with van der Waals surface area (Å²) in [7, 11) is 0. The third kappa shape index (κ3) is 3.05. The van der Waals surface area contributed by atoms with Gasteiger partial charge in [-0.05, 0) is 44.4 Å². The molecule has 3 unspecified atom stereocenters. The van der Waals surface area contributed by atoms with Crippen LogP contribution in [0.5, 0.6) is 0 Å². The first kappa shape index (κ1) is 12.5. The Balaban J connectivity index is 2.17. The van der Waals surface area contributed by atoms with E-state index in [4.69, 9.17) is 4.74 Å². The van der Waals surface area contributed by atoms with Crippen LogP contribution in [0.25, 0.3) is 0 Å². The molecule has 1 heterocycles. The van der Waals surface area contributed by atoms with Crippen molar-refractivity contribution in [2.24, 2.45) is 0 Å². The molecule has 94 valence electrons. The van der Waals surface area contributed by atoms with Gasteiger partial charge < -0.3 is 10.1 Å². The standard InChI is InChI=1S/C14H20FNO/c1-9-4-5-12(7-13(9)15)14-8-16-10(2)6-11(3)17-14/h4-5,7,10-11,14,16H,6,8H2,1-3H3. The smallest absolute Gasteiger partial charge is 0.126 e. The average molecular weight is 237 g/mol. The van der Waals surface area contributed by atoms with Crippen LogP contribution in [0.15, 0.2) is 18.2 Å². The highest BCUT2D eigenvalue weighted by atomic mass is 19.1. The van der Waals surface area contributed by atoms with E-state index in [1.54, 1.807) is 13.0 Å². The number of benzene rings is 1. The van der Waals surface area contributed by atoms with Crippen molar-refractivity contribution in [3.63, 3.8) is 0 Å². The SMILES string of the molecule is Cc1ccc(C2CNC(C)CC(C)O2)cc1F. The van der Waals surface area contributed by atoms with Gasteiger partial charge in [-0.3, -0.25) is 0 Å². The maximum Gasteiger partial charge on any atom is 0.126 e. The van der Waals surface area contributed by atoms with Gasteiger partial charge in [-0.2, -0.15) is 0 Å². The summed E-state index contributed by atoms with van der Waals surface area (Å²) in [5.41, 5.74) is 1.60. The Bertz CT molecular complexity index is 394. The van der Waals surface area contributed by atoms with Crippen molar-refractivity contribution in [3.8, 4) is 0 Å². The van der Waals surface area contributed by atoms with Crippen LogP contribution in [-0.4, -0.2) is 18.7 Å². The molecule has 0 aliphatic carbocycles. The number of rotatable bonds is 1. The Kier molecular flexibility index (Phi) is 3.79. The predicted molar refractivity (Wildman–Crippen MR) is 66.5 cm³/mol. The molecule has 3 heteroatoms. The summed E-state index contributed by atoms with van der Waals surface area (Å²) in [4.78, 5) is 0. The number of hydrogen-bond donors (Lipinski definition) is 1. The van der Waals surface area contributed by atoms with Crippen molar-refractivity contribution >= 4 is 0 Å². The average Bonchev–Trinajstić information content (AvgIpc) is 2.43. The Morgan fingerprint density at radius 3 is 2.82 bits per heavy atom. The van der Waals surface area contributed by atoms with E-state index >= 15 is 0 Å². The monoisotopic (exact) mass is 237 g/mol. The summed E-state index contributed by atoms with van der Waals surface area (Å²) < 4.78 is 19.5. The molecule has 1 aromatic carbocycles. The van der Waals surface area contributed by atoms with Crippen molar-refractivity contribution in [2.45, 2.75) is 45.4 Å². The molecule has 0 bridgehead atoms. The summed E-state index contributed by atoms with van der Waals surface area (Å²) in [6.07, 6.45) is 1.14. The van der Waals surface area contributed by atoms with Crippen LogP contribution in [0.4, 0.5) is 4.39 Å². The van der Waals surface area contributed by atoms with E-state index in [1.165, 1.54) is 0 Å². The maximum atomic E-state index is 13.5. The number of ether oxygens (including phenoxy) is 1. The molecule has 2 rings (SSSR count). The summed E-state index contributed by atoms with van der Waals surface area (Å²) in [5, 5.41) is 3.41. The molecule has 1 fully saturated rings. The van der Waals surface area contributed by atoms with Crippen LogP contribution in [0.1, 0.15) is 37.5 Å². The van der Waals surface area contributed by atoms with Gasteiger partial charge in [0, 0.05) is 12.6 Å². The lowest BCUT2D eigenvalue weighted by atomic mass is 10.1. The second-order valence-corrected chi connectivity index (χ2v) is 4.99. The highest BCUT2D eigenvalue weighted by Crippen LogP contribution is 2.24. The van der Waals surface area contributed by atoms with Gasteiger partial charge in [0.15, 0.2) is 0 Å². The fourth-order valence-electron chi connectivity index (χ4n) is 2.28. The molecule has 0 amide bonds. The summed E-state index contributed by atoms with van der Waals surface area (Å²) in [6.45, 7) is 6.74. The highest BCUT2D eigenvalue weighted by Gasteiger charge is 2.22. The van der Waals surface area contributed by atoms with Crippen LogP contribution in [-0.2, 0) is 4.74 Å². The molecule has 0 aromatic heterocycles. The lowest BCUT2D eigenvalue weighted by Gasteiger charge is -2.19. The molecular weight excluding hydrogens is 217 g/mol. The summed E-state index contributed by atoms with van der Waals surface area (Å²) in [5.74, 6) is -0.156. The van der Waals surface area contributed by atoms with E-state index in [-0.39, 0.29) is 18.0 Å². The van der Waals surface area contributed by atoms with Crippen molar-refractivity contribution in [2.75, 3.05) is 6.54 Å². The van der Waals surface area contributed by atoms with E-state index in [2.05, 4.69) is 19.2 Å². The summed E-state index contributed by atoms with van der Waals surface area (Å²) >= 11 is 0. The summed E-state index contributed by atoms with van der Waals surface area (Å²) in [6, 6.07) is 5.80. The second-order valence-electron chi connectivity index (χ2n) is 4.99. The molecular formula is C14H20FNO. The van der Waals surface area contributed by atoms with Crippen LogP contribution in [0.3, 0.4) is 0 Å². The van der Waals surface area contributed by atoms with Crippen LogP contribution in [0.2, 0.25) is 0 Å². The molecule has 0 radical (unpaired) electrons. The third-order valence-corrected chi connectivity index (χ3v) is 3.30. The molecule has 0 saturated carbocycles. The van der Waals surface area contributed by atoms with Crippen LogP contribution < -0.4 is 5.32 Å². The van der Waals surface area contributed by atoms with Crippen molar-refractivity contribution in [1.82, 2.24) is 5.32 Å². The van der Waals surface area contributed by atoms with Crippen molar-refractivity contribution < 1.29 is 9.13 Å². The topological polar surface area (TPSA) is 21.3 Å². The second kappa shape index (κ2) is 5.15. The predicted octanol–water partition coefficient (Wildman–Crippen LogP) is 2.96. The molecule has 2 nitrogen and oxygen atoms in total. The fraction of sp³-hybridized carbons (Fsp3) is 0.571. The Labute approximate surface area is 102 Å². The molecule has 1 saturated heterocycles. The zero-order valence-corrected chi connectivity index (χ0v) is 10.7. The van der Waals surface area contributed by atoms with Crippen LogP contribution >= 0.6 is 0 Å². The maximum absolute atomic E-state index is 13.5. The van der Waals surface area contributed by atoms with Gasteiger partial charge in [0.25, 0.3) is 0 Å². The molecule has 1 aliphatic heterocycles. The van der Waals surface area contributed by atoms with E-state index < -0.39 is 0 Å². The van der Waals surface area contributed by atoms with Gasteiger partial charge in [-0.25, -0.2) is 4.39 Å². The molecule has 1 N–H and O–H groups in total. The lowest BCUT2D eigenvalue weighted by molar-refractivity contribution is 0.00703. The first-order valence-corrected chi connectivity index (χ1v) is 6.21. The minimum atomic E-state index is -0.156. The zero-order chi connectivity index (χ0) is 12.4. The molecule has 1 aromatic rings. The van der Waals surface area contributed by atoms with Gasteiger partial charge >= 0.3 is 0 Å². The Morgan fingerprint density at radius 1 is 1.35 bits per heavy atom. The van der Waals surface area contributed by atoms with Gasteiger partial charge in [0.2, 0.25) is 0 Å². The lowest BCUT2D eigenvalue weighted by Crippen LogP contribution is -2.27. The van der Waals surface area contributed by atoms with Gasteiger partial charge in [0.1, 0.15) is 5.82 Å². The van der Waals surface area contributed by atoms with Crippen molar-refractivity contribution in [1.29, 1.82) is 0 Å². The number of aryl methyl sites for hydroxylation is 1. The zero-order valence-electron chi connectivity index (χ0n) is 10.7. The Morgan fingerprint density at radius 2 is 2.12 bits per heavy atom. The van der Waals surface area contributed by atoms with E-state index in [0.29, 0.717) is 11.6 Å². The molecule has 17 heavy (non-hydrogen) atoms. The highest BCUT2D eigenvalue weighted by molar-refractivity contribution is 5.25. The minimum absolute atomic E-state index is 0.0509. The van der Waals surface area contributed by atoms with E-state index in [0.717, 1.165) is 18.5 Å². The molecule has 1 aliphatic rings. The largest absolute Gasteiger partial charge is 0.369 e. The van der Waals surface area contributed by atoms with Crippen molar-refractivity contribution in [3.05, 3.63) is 35.1 Å². The van der Waals surface area contributed by atoms with Gasteiger partial charge in [-0.1, -0.05) is 12.1 Å². The number of halogens is 1. The fourth-order valence-corrected chi connectivity index (χ4v) is 2.28. The van der Waals surface area contributed by atoms with Gasteiger partial charge in [-0.15, -0.1) is 0 Å².